The van der Waals surface area contributed by atoms with Crippen LogP contribution in [0.1, 0.15) is 41.5 Å². The predicted molar refractivity (Wildman–Crippen MR) is 81.2 cm³/mol. The standard InChI is InChI=1S/3C5H8O2.Fe/c3*1-4(6)3-5(2)7;/h3*3,6H,1-2H3;/b4-3+;2*4-3-;. The second kappa shape index (κ2) is 17.2. The van der Waals surface area contributed by atoms with Gasteiger partial charge in [-0.05, 0) is 41.5 Å². The predicted octanol–water partition coefficient (Wildman–Crippen LogP) is 3.11. The first kappa shape index (κ1) is 28.3. The van der Waals surface area contributed by atoms with Crippen LogP contribution in [0.4, 0.5) is 0 Å². The van der Waals surface area contributed by atoms with Gasteiger partial charge in [-0.3, -0.25) is 14.4 Å². The van der Waals surface area contributed by atoms with Crippen molar-refractivity contribution in [2.24, 2.45) is 0 Å². The van der Waals surface area contributed by atoms with E-state index in [0.29, 0.717) is 0 Å². The maximum absolute atomic E-state index is 10.0. The summed E-state index contributed by atoms with van der Waals surface area (Å²) in [6.07, 6.45) is 3.50. The Balaban J connectivity index is -0.000000108. The van der Waals surface area contributed by atoms with E-state index < -0.39 is 0 Å². The third kappa shape index (κ3) is 51.8. The molecular weight excluding hydrogens is 332 g/mol. The zero-order chi connectivity index (χ0) is 17.6. The summed E-state index contributed by atoms with van der Waals surface area (Å²) >= 11 is 0. The van der Waals surface area contributed by atoms with E-state index >= 15 is 0 Å². The third-order valence-electron chi connectivity index (χ3n) is 1.24. The Hall–Kier alpha value is -1.85. The minimum Gasteiger partial charge on any atom is -0.512 e. The van der Waals surface area contributed by atoms with Gasteiger partial charge < -0.3 is 15.3 Å². The van der Waals surface area contributed by atoms with Crippen molar-refractivity contribution in [3.63, 3.8) is 0 Å². The van der Waals surface area contributed by atoms with Gasteiger partial charge in [0.15, 0.2) is 17.3 Å². The molecule has 0 amide bonds. The number of aliphatic hydroxyl groups is 3. The molecule has 0 fully saturated rings. The van der Waals surface area contributed by atoms with Crippen LogP contribution in [0.3, 0.4) is 0 Å². The number of carbonyl (C=O) groups excluding carboxylic acids is 3. The molecule has 0 rings (SSSR count). The van der Waals surface area contributed by atoms with Gasteiger partial charge in [0, 0.05) is 35.3 Å². The zero-order valence-electron chi connectivity index (χ0n) is 13.7. The summed E-state index contributed by atoms with van der Waals surface area (Å²) in [5.74, 6) is -0.187. The summed E-state index contributed by atoms with van der Waals surface area (Å²) in [6, 6.07) is 0. The van der Waals surface area contributed by atoms with Crippen molar-refractivity contribution in [3.8, 4) is 0 Å². The number of hydrogen-bond acceptors (Lipinski definition) is 6. The molecule has 0 atom stereocenters. The molecule has 0 aromatic carbocycles. The Bertz CT molecular complexity index is 368. The first-order valence-corrected chi connectivity index (χ1v) is 6.02. The molecule has 3 N–H and O–H groups in total. The van der Waals surface area contributed by atoms with E-state index in [1.54, 1.807) is 0 Å². The largest absolute Gasteiger partial charge is 0.512 e. The summed E-state index contributed by atoms with van der Waals surface area (Å²) in [5.41, 5.74) is 0. The van der Waals surface area contributed by atoms with Gasteiger partial charge in [0.25, 0.3) is 0 Å². The first-order chi connectivity index (χ1) is 9.38. The maximum atomic E-state index is 10.0. The minimum absolute atomic E-state index is 0. The molecule has 128 valence electrons. The Kier molecular flexibility index (Phi) is 22.2. The summed E-state index contributed by atoms with van der Waals surface area (Å²) < 4.78 is 0. The van der Waals surface area contributed by atoms with Crippen LogP contribution in [0.15, 0.2) is 35.5 Å². The van der Waals surface area contributed by atoms with Crippen LogP contribution in [0, 0.1) is 0 Å². The fourth-order valence-corrected chi connectivity index (χ4v) is 0.882. The molecule has 0 heterocycles. The molecule has 0 aliphatic heterocycles. The van der Waals surface area contributed by atoms with E-state index in [1.165, 1.54) is 59.8 Å². The minimum atomic E-state index is -0.125. The van der Waals surface area contributed by atoms with Crippen molar-refractivity contribution >= 4 is 17.3 Å². The van der Waals surface area contributed by atoms with Crippen LogP contribution < -0.4 is 0 Å². The summed E-state index contributed by atoms with van der Waals surface area (Å²) in [5, 5.41) is 25.1. The van der Waals surface area contributed by atoms with E-state index in [4.69, 9.17) is 15.3 Å². The second-order valence-corrected chi connectivity index (χ2v) is 4.19. The van der Waals surface area contributed by atoms with E-state index in [2.05, 4.69) is 0 Å². The van der Waals surface area contributed by atoms with Gasteiger partial charge >= 0.3 is 0 Å². The summed E-state index contributed by atoms with van der Waals surface area (Å²) in [6.45, 7) is 8.54. The van der Waals surface area contributed by atoms with Gasteiger partial charge in [-0.25, -0.2) is 0 Å². The quantitative estimate of drug-likeness (QED) is 0.407. The average Bonchev–Trinajstić information content (AvgIpc) is 2.10. The Morgan fingerprint density at radius 2 is 0.682 bits per heavy atom. The second-order valence-electron chi connectivity index (χ2n) is 4.19. The van der Waals surface area contributed by atoms with Gasteiger partial charge in [-0.2, -0.15) is 0 Å². The molecule has 0 aromatic rings. The van der Waals surface area contributed by atoms with Gasteiger partial charge in [-0.15, -0.1) is 0 Å². The van der Waals surface area contributed by atoms with E-state index in [0.717, 1.165) is 0 Å². The van der Waals surface area contributed by atoms with Gasteiger partial charge in [-0.1, -0.05) is 0 Å². The number of aliphatic hydroxyl groups excluding tert-OH is 3. The number of carbonyl (C=O) groups is 3. The fourth-order valence-electron chi connectivity index (χ4n) is 0.882. The number of hydrogen-bond donors (Lipinski definition) is 3. The molecule has 0 saturated carbocycles. The van der Waals surface area contributed by atoms with Crippen LogP contribution in [-0.4, -0.2) is 32.7 Å². The molecule has 0 aliphatic carbocycles. The fraction of sp³-hybridized carbons (Fsp3) is 0.400. The monoisotopic (exact) mass is 356 g/mol. The molecule has 0 unspecified atom stereocenters. The van der Waals surface area contributed by atoms with Gasteiger partial charge in [0.2, 0.25) is 0 Å². The van der Waals surface area contributed by atoms with Gasteiger partial charge in [0.1, 0.15) is 0 Å². The Labute approximate surface area is 141 Å². The molecule has 0 saturated heterocycles. The molecule has 0 spiro atoms. The molecule has 0 aliphatic rings. The van der Waals surface area contributed by atoms with Crippen LogP contribution in [0.5, 0.6) is 0 Å². The smallest absolute Gasteiger partial charge is 0.155 e. The SMILES string of the molecule is CC(=O)/C=C(/C)O.CC(=O)/C=C(/C)O.CC(=O)/C=C(\C)O.[Fe]. The van der Waals surface area contributed by atoms with Crippen LogP contribution in [0.2, 0.25) is 0 Å². The third-order valence-corrected chi connectivity index (χ3v) is 1.24. The van der Waals surface area contributed by atoms with Crippen molar-refractivity contribution in [1.82, 2.24) is 0 Å². The molecule has 0 aromatic heterocycles. The van der Waals surface area contributed by atoms with Crippen LogP contribution in [-0.2, 0) is 31.5 Å². The molecule has 6 nitrogen and oxygen atoms in total. The van der Waals surface area contributed by atoms with Crippen molar-refractivity contribution in [2.45, 2.75) is 41.5 Å². The number of ketones is 3. The Morgan fingerprint density at radius 3 is 0.682 bits per heavy atom. The van der Waals surface area contributed by atoms with Crippen LogP contribution >= 0.6 is 0 Å². The van der Waals surface area contributed by atoms with Crippen LogP contribution in [0.25, 0.3) is 0 Å². The van der Waals surface area contributed by atoms with Crippen molar-refractivity contribution in [1.29, 1.82) is 0 Å². The molecule has 22 heavy (non-hydrogen) atoms. The molecule has 0 radical (unpaired) electrons. The number of rotatable bonds is 3. The normalized spacial score (nSPS) is 10.9. The zero-order valence-corrected chi connectivity index (χ0v) is 14.8. The van der Waals surface area contributed by atoms with Crippen molar-refractivity contribution in [3.05, 3.63) is 35.5 Å². The maximum Gasteiger partial charge on any atom is 0.155 e. The van der Waals surface area contributed by atoms with Crippen molar-refractivity contribution < 1.29 is 46.8 Å². The number of allylic oxidation sites excluding steroid dienone is 6. The molecular formula is C15H24FeO6. The summed E-state index contributed by atoms with van der Waals surface area (Å²) in [4.78, 5) is 30.1. The van der Waals surface area contributed by atoms with E-state index in [-0.39, 0.29) is 51.7 Å². The summed E-state index contributed by atoms with van der Waals surface area (Å²) in [7, 11) is 0. The van der Waals surface area contributed by atoms with E-state index in [9.17, 15) is 14.4 Å². The van der Waals surface area contributed by atoms with Gasteiger partial charge in [0.05, 0.1) is 17.3 Å². The van der Waals surface area contributed by atoms with Crippen molar-refractivity contribution in [2.75, 3.05) is 0 Å². The first-order valence-electron chi connectivity index (χ1n) is 6.02. The Morgan fingerprint density at radius 1 is 0.545 bits per heavy atom. The molecule has 7 heteroatoms. The van der Waals surface area contributed by atoms with E-state index in [1.807, 2.05) is 0 Å². The average molecular weight is 356 g/mol. The molecule has 0 bridgehead atoms. The topological polar surface area (TPSA) is 112 Å².